The van der Waals surface area contributed by atoms with E-state index in [2.05, 4.69) is 5.32 Å². The predicted octanol–water partition coefficient (Wildman–Crippen LogP) is 4.36. The van der Waals surface area contributed by atoms with E-state index in [1.165, 1.54) is 0 Å². The highest BCUT2D eigenvalue weighted by atomic mass is 16.5. The Bertz CT molecular complexity index is 637. The van der Waals surface area contributed by atoms with E-state index >= 15 is 0 Å². The maximum Gasteiger partial charge on any atom is 0.321 e. The number of anilines is 1. The standard InChI is InChI=1S/C18H22N2O3/c1-4-20(5-2)18(21)19-14-10-12-15(13-11-14)23-17-9-7-6-8-16(17)22-3/h6-13H,4-5H2,1-3H3,(H,19,21). The molecule has 5 heteroatoms. The molecular weight excluding hydrogens is 292 g/mol. The second kappa shape index (κ2) is 8.08. The average Bonchev–Trinajstić information content (AvgIpc) is 2.58. The molecule has 0 aliphatic heterocycles. The lowest BCUT2D eigenvalue weighted by molar-refractivity contribution is 0.217. The smallest absolute Gasteiger partial charge is 0.321 e. The zero-order valence-electron chi connectivity index (χ0n) is 13.7. The van der Waals surface area contributed by atoms with Gasteiger partial charge in [-0.25, -0.2) is 4.79 Å². The largest absolute Gasteiger partial charge is 0.493 e. The number of methoxy groups -OCH3 is 1. The highest BCUT2D eigenvalue weighted by molar-refractivity contribution is 5.89. The molecule has 0 radical (unpaired) electrons. The van der Waals surface area contributed by atoms with Gasteiger partial charge in [-0.1, -0.05) is 12.1 Å². The number of carbonyl (C=O) groups excluding carboxylic acids is 1. The number of benzene rings is 2. The van der Waals surface area contributed by atoms with Crippen LogP contribution in [0.4, 0.5) is 10.5 Å². The first-order chi connectivity index (χ1) is 11.2. The van der Waals surface area contributed by atoms with E-state index in [1.807, 2.05) is 62.4 Å². The van der Waals surface area contributed by atoms with Crippen molar-refractivity contribution in [2.45, 2.75) is 13.8 Å². The van der Waals surface area contributed by atoms with Gasteiger partial charge >= 0.3 is 6.03 Å². The Morgan fingerprint density at radius 2 is 1.61 bits per heavy atom. The van der Waals surface area contributed by atoms with E-state index in [0.29, 0.717) is 30.3 Å². The minimum absolute atomic E-state index is 0.103. The zero-order chi connectivity index (χ0) is 16.7. The summed E-state index contributed by atoms with van der Waals surface area (Å²) in [6.45, 7) is 5.26. The van der Waals surface area contributed by atoms with Gasteiger partial charge in [-0.15, -0.1) is 0 Å². The van der Waals surface area contributed by atoms with Crippen molar-refractivity contribution >= 4 is 11.7 Å². The molecule has 23 heavy (non-hydrogen) atoms. The molecule has 2 aromatic rings. The molecule has 0 aromatic heterocycles. The third-order valence-electron chi connectivity index (χ3n) is 3.45. The summed E-state index contributed by atoms with van der Waals surface area (Å²) in [5.74, 6) is 2.00. The summed E-state index contributed by atoms with van der Waals surface area (Å²) >= 11 is 0. The number of ether oxygens (including phenoxy) is 2. The highest BCUT2D eigenvalue weighted by Crippen LogP contribution is 2.31. The van der Waals surface area contributed by atoms with Crippen LogP contribution in [-0.4, -0.2) is 31.1 Å². The molecule has 2 amide bonds. The van der Waals surface area contributed by atoms with Crippen LogP contribution < -0.4 is 14.8 Å². The molecule has 0 spiro atoms. The summed E-state index contributed by atoms with van der Waals surface area (Å²) in [5.41, 5.74) is 0.731. The molecule has 0 heterocycles. The van der Waals surface area contributed by atoms with Crippen molar-refractivity contribution in [1.29, 1.82) is 0 Å². The first-order valence-corrected chi connectivity index (χ1v) is 7.64. The molecule has 2 aromatic carbocycles. The lowest BCUT2D eigenvalue weighted by Gasteiger charge is -2.19. The number of amides is 2. The second-order valence-corrected chi connectivity index (χ2v) is 4.88. The summed E-state index contributed by atoms with van der Waals surface area (Å²) in [7, 11) is 1.61. The molecule has 0 saturated carbocycles. The number of carbonyl (C=O) groups is 1. The van der Waals surface area contributed by atoms with E-state index in [4.69, 9.17) is 9.47 Å². The van der Waals surface area contributed by atoms with Gasteiger partial charge in [0.05, 0.1) is 7.11 Å². The van der Waals surface area contributed by atoms with Gasteiger partial charge in [0, 0.05) is 18.8 Å². The lowest BCUT2D eigenvalue weighted by Crippen LogP contribution is -2.34. The molecule has 0 fully saturated rings. The van der Waals surface area contributed by atoms with Gasteiger partial charge in [-0.05, 0) is 50.2 Å². The van der Waals surface area contributed by atoms with Gasteiger partial charge in [0.15, 0.2) is 11.5 Å². The number of rotatable bonds is 6. The molecule has 0 atom stereocenters. The van der Waals surface area contributed by atoms with E-state index in [1.54, 1.807) is 12.0 Å². The maximum absolute atomic E-state index is 12.0. The van der Waals surface area contributed by atoms with Crippen molar-refractivity contribution in [3.8, 4) is 17.2 Å². The minimum Gasteiger partial charge on any atom is -0.493 e. The first kappa shape index (κ1) is 16.7. The average molecular weight is 314 g/mol. The van der Waals surface area contributed by atoms with Crippen LogP contribution in [0.3, 0.4) is 0 Å². The van der Waals surface area contributed by atoms with Crippen LogP contribution in [0.15, 0.2) is 48.5 Å². The molecule has 122 valence electrons. The Balaban J connectivity index is 2.03. The normalized spacial score (nSPS) is 10.0. The van der Waals surface area contributed by atoms with E-state index in [9.17, 15) is 4.79 Å². The quantitative estimate of drug-likeness (QED) is 0.862. The molecule has 0 saturated heterocycles. The molecular formula is C18H22N2O3. The van der Waals surface area contributed by atoms with Crippen LogP contribution in [0, 0.1) is 0 Å². The Hall–Kier alpha value is -2.69. The SMILES string of the molecule is CCN(CC)C(=O)Nc1ccc(Oc2ccccc2OC)cc1. The van der Waals surface area contributed by atoms with Crippen molar-refractivity contribution in [3.63, 3.8) is 0 Å². The third kappa shape index (κ3) is 4.39. The Morgan fingerprint density at radius 3 is 2.17 bits per heavy atom. The van der Waals surface area contributed by atoms with Gasteiger partial charge < -0.3 is 19.7 Å². The Labute approximate surface area is 136 Å². The van der Waals surface area contributed by atoms with Crippen LogP contribution in [-0.2, 0) is 0 Å². The van der Waals surface area contributed by atoms with Gasteiger partial charge in [-0.3, -0.25) is 0 Å². The minimum atomic E-state index is -0.103. The second-order valence-electron chi connectivity index (χ2n) is 4.88. The van der Waals surface area contributed by atoms with E-state index in [-0.39, 0.29) is 6.03 Å². The lowest BCUT2D eigenvalue weighted by atomic mass is 10.3. The fourth-order valence-corrected chi connectivity index (χ4v) is 2.15. The van der Waals surface area contributed by atoms with Crippen molar-refractivity contribution in [2.75, 3.05) is 25.5 Å². The van der Waals surface area contributed by atoms with Gasteiger partial charge in [0.25, 0.3) is 0 Å². The third-order valence-corrected chi connectivity index (χ3v) is 3.45. The number of para-hydroxylation sites is 2. The molecule has 0 aliphatic rings. The van der Waals surface area contributed by atoms with Crippen LogP contribution in [0.5, 0.6) is 17.2 Å². The maximum atomic E-state index is 12.0. The highest BCUT2D eigenvalue weighted by Gasteiger charge is 2.09. The molecule has 0 aliphatic carbocycles. The molecule has 2 rings (SSSR count). The van der Waals surface area contributed by atoms with E-state index in [0.717, 1.165) is 5.69 Å². The van der Waals surface area contributed by atoms with Crippen molar-refractivity contribution < 1.29 is 14.3 Å². The van der Waals surface area contributed by atoms with E-state index < -0.39 is 0 Å². The summed E-state index contributed by atoms with van der Waals surface area (Å²) in [5, 5.41) is 2.86. The molecule has 1 N–H and O–H groups in total. The van der Waals surface area contributed by atoms with Crippen LogP contribution >= 0.6 is 0 Å². The molecule has 0 unspecified atom stereocenters. The van der Waals surface area contributed by atoms with Gasteiger partial charge in [-0.2, -0.15) is 0 Å². The number of hydrogen-bond acceptors (Lipinski definition) is 3. The fourth-order valence-electron chi connectivity index (χ4n) is 2.15. The van der Waals surface area contributed by atoms with Crippen molar-refractivity contribution in [1.82, 2.24) is 4.90 Å². The zero-order valence-corrected chi connectivity index (χ0v) is 13.7. The number of hydrogen-bond donors (Lipinski definition) is 1. The number of urea groups is 1. The Morgan fingerprint density at radius 1 is 1.00 bits per heavy atom. The number of nitrogens with one attached hydrogen (secondary N) is 1. The molecule has 5 nitrogen and oxygen atoms in total. The Kier molecular flexibility index (Phi) is 5.86. The number of nitrogens with zero attached hydrogens (tertiary/aromatic N) is 1. The summed E-state index contributed by atoms with van der Waals surface area (Å²) in [6.07, 6.45) is 0. The van der Waals surface area contributed by atoms with Gasteiger partial charge in [0.1, 0.15) is 5.75 Å². The topological polar surface area (TPSA) is 50.8 Å². The summed E-state index contributed by atoms with van der Waals surface area (Å²) < 4.78 is 11.1. The van der Waals surface area contributed by atoms with Crippen LogP contribution in [0.25, 0.3) is 0 Å². The monoisotopic (exact) mass is 314 g/mol. The summed E-state index contributed by atoms with van der Waals surface area (Å²) in [4.78, 5) is 13.7. The van der Waals surface area contributed by atoms with Crippen LogP contribution in [0.1, 0.15) is 13.8 Å². The predicted molar refractivity (Wildman–Crippen MR) is 91.4 cm³/mol. The molecule has 0 bridgehead atoms. The van der Waals surface area contributed by atoms with Crippen LogP contribution in [0.2, 0.25) is 0 Å². The van der Waals surface area contributed by atoms with Crippen molar-refractivity contribution in [2.24, 2.45) is 0 Å². The summed E-state index contributed by atoms with van der Waals surface area (Å²) in [6, 6.07) is 14.6. The van der Waals surface area contributed by atoms with Gasteiger partial charge in [0.2, 0.25) is 0 Å². The van der Waals surface area contributed by atoms with Crippen molar-refractivity contribution in [3.05, 3.63) is 48.5 Å². The first-order valence-electron chi connectivity index (χ1n) is 7.64. The fraction of sp³-hybridized carbons (Fsp3) is 0.278.